The molecule has 4 rings (SSSR count). The highest BCUT2D eigenvalue weighted by Crippen LogP contribution is 2.28. The Kier molecular flexibility index (Phi) is 30.1. The zero-order valence-corrected chi connectivity index (χ0v) is 41.3. The zero-order valence-electron chi connectivity index (χ0n) is 41.3. The van der Waals surface area contributed by atoms with E-state index in [1.165, 1.54) is 47.0 Å². The Balaban J connectivity index is 0.000000352. The van der Waals surface area contributed by atoms with Crippen LogP contribution in [0.2, 0.25) is 0 Å². The molecule has 3 amide bonds. The predicted molar refractivity (Wildman–Crippen MR) is 272 cm³/mol. The Hall–Kier alpha value is -6.61. The number of hydrogen-bond acceptors (Lipinski definition) is 9. The molecule has 0 fully saturated rings. The molecule has 0 radical (unpaired) electrons. The summed E-state index contributed by atoms with van der Waals surface area (Å²) >= 11 is 0. The summed E-state index contributed by atoms with van der Waals surface area (Å²) in [6.07, 6.45) is 18.6. The molecule has 68 heavy (non-hydrogen) atoms. The van der Waals surface area contributed by atoms with Crippen LogP contribution in [0.15, 0.2) is 97.1 Å². The molecule has 0 saturated heterocycles. The molecule has 0 aliphatic rings. The van der Waals surface area contributed by atoms with Crippen LogP contribution in [-0.4, -0.2) is 54.4 Å². The summed E-state index contributed by atoms with van der Waals surface area (Å²) in [7, 11) is 4.51. The van der Waals surface area contributed by atoms with Crippen molar-refractivity contribution < 1.29 is 43.9 Å². The smallest absolute Gasteiger partial charge is 0.220 e. The summed E-state index contributed by atoms with van der Waals surface area (Å²) in [5.74, 6) is 8.55. The van der Waals surface area contributed by atoms with E-state index in [-0.39, 0.29) is 35.0 Å². The van der Waals surface area contributed by atoms with Crippen LogP contribution < -0.4 is 30.2 Å². The third kappa shape index (κ3) is 26.5. The summed E-state index contributed by atoms with van der Waals surface area (Å²) in [5.41, 5.74) is 3.73. The second-order valence-corrected chi connectivity index (χ2v) is 16.7. The Morgan fingerprint density at radius 2 is 0.971 bits per heavy atom. The van der Waals surface area contributed by atoms with Crippen molar-refractivity contribution >= 4 is 17.7 Å². The third-order valence-electron chi connectivity index (χ3n) is 10.5. The number of amides is 3. The van der Waals surface area contributed by atoms with E-state index in [2.05, 4.69) is 60.7 Å². The lowest BCUT2D eigenvalue weighted by Gasteiger charge is -2.08. The molecule has 0 unspecified atom stereocenters. The minimum Gasteiger partial charge on any atom is -0.504 e. The van der Waals surface area contributed by atoms with Crippen LogP contribution in [0.5, 0.6) is 34.5 Å². The predicted octanol–water partition coefficient (Wildman–Crippen LogP) is 11.2. The maximum Gasteiger partial charge on any atom is 0.220 e. The molecule has 4 aromatic rings. The van der Waals surface area contributed by atoms with Gasteiger partial charge in [0.05, 0.1) is 21.3 Å². The van der Waals surface area contributed by atoms with Gasteiger partial charge in [-0.1, -0.05) is 113 Å². The van der Waals surface area contributed by atoms with Gasteiger partial charge in [0.1, 0.15) is 0 Å². The second kappa shape index (κ2) is 35.6. The van der Waals surface area contributed by atoms with Crippen molar-refractivity contribution in [1.82, 2.24) is 16.0 Å². The highest BCUT2D eigenvalue weighted by Gasteiger charge is 2.08. The summed E-state index contributed by atoms with van der Waals surface area (Å²) in [6, 6.07) is 25.1. The van der Waals surface area contributed by atoms with Crippen molar-refractivity contribution in [1.29, 1.82) is 0 Å². The van der Waals surface area contributed by atoms with Crippen LogP contribution in [0, 0.1) is 17.8 Å². The van der Waals surface area contributed by atoms with E-state index < -0.39 is 0 Å². The molecule has 12 nitrogen and oxygen atoms in total. The SMILES string of the molecule is CCCCCCCCC(=O)NCc1ccc(O)c(OC)c1.COc1cc(CNC(=O)CCCC/C=C/C(C)C)ccc1O.COc1cc(CNC(=O)CCCCC#Cc2ccccc2)ccc1O. The molecule has 12 heteroatoms. The van der Waals surface area contributed by atoms with E-state index in [0.717, 1.165) is 73.6 Å². The van der Waals surface area contributed by atoms with Crippen LogP contribution in [0.3, 0.4) is 0 Å². The van der Waals surface area contributed by atoms with Gasteiger partial charge in [-0.05, 0) is 110 Å². The third-order valence-corrected chi connectivity index (χ3v) is 10.5. The van der Waals surface area contributed by atoms with E-state index in [0.29, 0.717) is 62.1 Å². The average molecular weight is 936 g/mol. The molecule has 6 N–H and O–H groups in total. The topological polar surface area (TPSA) is 176 Å². The summed E-state index contributed by atoms with van der Waals surface area (Å²) in [5, 5.41) is 37.2. The van der Waals surface area contributed by atoms with Crippen LogP contribution in [0.4, 0.5) is 0 Å². The van der Waals surface area contributed by atoms with Crippen molar-refractivity contribution in [2.24, 2.45) is 5.92 Å². The first kappa shape index (κ1) is 57.5. The summed E-state index contributed by atoms with van der Waals surface area (Å²) in [6.45, 7) is 7.84. The maximum atomic E-state index is 11.9. The normalized spacial score (nSPS) is 10.4. The van der Waals surface area contributed by atoms with Crippen molar-refractivity contribution in [3.05, 3.63) is 119 Å². The molecule has 4 aromatic carbocycles. The Morgan fingerprint density at radius 3 is 1.40 bits per heavy atom. The quantitative estimate of drug-likeness (QED) is 0.0203. The van der Waals surface area contributed by atoms with Gasteiger partial charge in [0.25, 0.3) is 0 Å². The standard InChI is InChI=1S/C21H23NO3.C18H27NO3.C17H27NO3/c1-25-20-15-18(13-14-19(20)23)16-22-21(24)12-8-3-2-5-9-17-10-6-4-7-11-17;1-14(2)8-6-4-5-7-9-18(21)19-13-15-10-11-16(20)17(12-15)22-3;1-3-4-5-6-7-8-9-17(20)18-13-14-10-11-15(19)16(12-14)21-2/h4,6-7,10-11,13-15,23H,2-3,8,12,16H2,1H3,(H,22,24);6,8,10-12,14,20H,4-5,7,9,13H2,1-3H3,(H,19,21);10-12,19H,3-9,13H2,1-2H3,(H,18,20)/b;8-6+;. The van der Waals surface area contributed by atoms with Crippen molar-refractivity contribution in [2.75, 3.05) is 21.3 Å². The fraction of sp³-hybridized carbons (Fsp3) is 0.446. The number of methoxy groups -OCH3 is 3. The number of ether oxygens (including phenoxy) is 3. The van der Waals surface area contributed by atoms with Crippen LogP contribution in [0.25, 0.3) is 0 Å². The molecule has 0 aliphatic heterocycles. The minimum atomic E-state index is 0.0167. The van der Waals surface area contributed by atoms with Gasteiger partial charge in [0, 0.05) is 50.9 Å². The van der Waals surface area contributed by atoms with Crippen molar-refractivity contribution in [3.63, 3.8) is 0 Å². The number of nitrogens with one attached hydrogen (secondary N) is 3. The Bertz CT molecular complexity index is 2140. The number of unbranched alkanes of at least 4 members (excludes halogenated alkanes) is 9. The lowest BCUT2D eigenvalue weighted by Crippen LogP contribution is -2.22. The molecule has 0 aromatic heterocycles. The number of rotatable bonds is 26. The molecule has 0 heterocycles. The van der Waals surface area contributed by atoms with Crippen LogP contribution in [-0.2, 0) is 34.0 Å². The van der Waals surface area contributed by atoms with E-state index >= 15 is 0 Å². The molecule has 0 aliphatic carbocycles. The number of phenolic OH excluding ortho intramolecular Hbond substituents is 3. The van der Waals surface area contributed by atoms with E-state index in [1.54, 1.807) is 54.6 Å². The lowest BCUT2D eigenvalue weighted by molar-refractivity contribution is -0.122. The first-order valence-electron chi connectivity index (χ1n) is 24.0. The number of allylic oxidation sites excluding steroid dienone is 2. The van der Waals surface area contributed by atoms with E-state index in [1.807, 2.05) is 30.3 Å². The minimum absolute atomic E-state index is 0.0167. The highest BCUT2D eigenvalue weighted by molar-refractivity contribution is 5.76. The van der Waals surface area contributed by atoms with Crippen molar-refractivity contribution in [3.8, 4) is 46.3 Å². The monoisotopic (exact) mass is 936 g/mol. The maximum absolute atomic E-state index is 11.9. The molecule has 0 bridgehead atoms. The number of aromatic hydroxyl groups is 3. The lowest BCUT2D eigenvalue weighted by atomic mass is 10.1. The average Bonchev–Trinajstić information content (AvgIpc) is 3.34. The number of phenols is 3. The largest absolute Gasteiger partial charge is 0.504 e. The van der Waals surface area contributed by atoms with Crippen molar-refractivity contribution in [2.45, 2.75) is 137 Å². The van der Waals surface area contributed by atoms with E-state index in [4.69, 9.17) is 14.2 Å². The first-order valence-corrected chi connectivity index (χ1v) is 24.0. The van der Waals surface area contributed by atoms with Gasteiger partial charge < -0.3 is 45.5 Å². The highest BCUT2D eigenvalue weighted by atomic mass is 16.5. The van der Waals surface area contributed by atoms with Gasteiger partial charge in [-0.25, -0.2) is 0 Å². The number of carbonyl (C=O) groups is 3. The molecule has 370 valence electrons. The van der Waals surface area contributed by atoms with Gasteiger partial charge in [-0.3, -0.25) is 14.4 Å². The van der Waals surface area contributed by atoms with Gasteiger partial charge in [-0.15, -0.1) is 0 Å². The van der Waals surface area contributed by atoms with E-state index in [9.17, 15) is 29.7 Å². The van der Waals surface area contributed by atoms with Crippen LogP contribution >= 0.6 is 0 Å². The molecule has 0 spiro atoms. The zero-order chi connectivity index (χ0) is 49.8. The second-order valence-electron chi connectivity index (χ2n) is 16.7. The Morgan fingerprint density at radius 1 is 0.559 bits per heavy atom. The molecular weight excluding hydrogens is 859 g/mol. The number of benzene rings is 4. The molecule has 0 atom stereocenters. The fourth-order valence-electron chi connectivity index (χ4n) is 6.53. The van der Waals surface area contributed by atoms with Gasteiger partial charge in [0.15, 0.2) is 34.5 Å². The number of carbonyl (C=O) groups excluding carboxylic acids is 3. The van der Waals surface area contributed by atoms with Crippen LogP contribution in [0.1, 0.15) is 139 Å². The Labute approximate surface area is 405 Å². The van der Waals surface area contributed by atoms with Gasteiger partial charge in [0.2, 0.25) is 17.7 Å². The summed E-state index contributed by atoms with van der Waals surface area (Å²) < 4.78 is 15.1. The summed E-state index contributed by atoms with van der Waals surface area (Å²) in [4.78, 5) is 35.4. The fourth-order valence-corrected chi connectivity index (χ4v) is 6.53. The van der Waals surface area contributed by atoms with Gasteiger partial charge in [-0.2, -0.15) is 0 Å². The van der Waals surface area contributed by atoms with Gasteiger partial charge >= 0.3 is 0 Å². The number of hydrogen-bond donors (Lipinski definition) is 6. The molecule has 0 saturated carbocycles. The molecular formula is C56H77N3O9. The first-order chi connectivity index (χ1) is 32.9.